The van der Waals surface area contributed by atoms with Crippen LogP contribution in [-0.4, -0.2) is 79.8 Å². The van der Waals surface area contributed by atoms with E-state index in [4.69, 9.17) is 14.9 Å². The fourth-order valence-corrected chi connectivity index (χ4v) is 5.15. The molecule has 1 saturated heterocycles. The number of carbonyl (C=O) groups excluding carboxylic acids is 2. The smallest absolute Gasteiger partial charge is 0.324 e. The highest BCUT2D eigenvalue weighted by Crippen LogP contribution is 2.39. The van der Waals surface area contributed by atoms with Crippen LogP contribution in [-0.2, 0) is 11.3 Å². The molecule has 3 rings (SSSR count). The van der Waals surface area contributed by atoms with Gasteiger partial charge >= 0.3 is 6.03 Å². The molecule has 1 atom stereocenters. The van der Waals surface area contributed by atoms with Crippen LogP contribution in [0.1, 0.15) is 57.1 Å². The molecule has 37 heavy (non-hydrogen) atoms. The zero-order chi connectivity index (χ0) is 27.1. The van der Waals surface area contributed by atoms with Crippen molar-refractivity contribution in [2.24, 2.45) is 0 Å². The van der Waals surface area contributed by atoms with Crippen LogP contribution in [0.2, 0.25) is 0 Å². The number of hydrogen-bond donors (Lipinski definition) is 2. The zero-order valence-corrected chi connectivity index (χ0v) is 23.0. The van der Waals surface area contributed by atoms with Crippen molar-refractivity contribution in [1.29, 1.82) is 5.41 Å². The first-order valence-electron chi connectivity index (χ1n) is 12.9. The van der Waals surface area contributed by atoms with Gasteiger partial charge in [-0.3, -0.25) is 9.69 Å². The zero-order valence-electron chi connectivity index (χ0n) is 23.0. The summed E-state index contributed by atoms with van der Waals surface area (Å²) >= 11 is 0. The number of allylic oxidation sites excluding steroid dienone is 2. The number of likely N-dealkylation sites (N-methyl/N-ethyl adjacent to an activating group) is 1. The summed E-state index contributed by atoms with van der Waals surface area (Å²) in [4.78, 5) is 32.8. The molecule has 2 aliphatic heterocycles. The van der Waals surface area contributed by atoms with Crippen LogP contribution >= 0.6 is 0 Å². The van der Waals surface area contributed by atoms with Crippen molar-refractivity contribution in [2.75, 3.05) is 47.4 Å². The SMILES string of the molecule is CCN1CCN(C(=O)/C(=C/NC)CC(C)=N)CCCC2=C[C@H](C)c3c(cc(OC)cc3OC)CN2C1=O. The summed E-state index contributed by atoms with van der Waals surface area (Å²) in [5, 5.41) is 10.8. The molecule has 202 valence electrons. The number of rotatable bonds is 7. The van der Waals surface area contributed by atoms with E-state index in [1.165, 1.54) is 0 Å². The van der Waals surface area contributed by atoms with E-state index in [0.29, 0.717) is 62.6 Å². The molecular formula is C28H41N5O4. The first-order chi connectivity index (χ1) is 17.7. The van der Waals surface area contributed by atoms with Gasteiger partial charge in [0, 0.05) is 80.4 Å². The van der Waals surface area contributed by atoms with Crippen molar-refractivity contribution in [3.8, 4) is 11.5 Å². The van der Waals surface area contributed by atoms with Gasteiger partial charge in [0.2, 0.25) is 0 Å². The Hall–Kier alpha value is -3.49. The van der Waals surface area contributed by atoms with E-state index in [0.717, 1.165) is 29.0 Å². The first-order valence-corrected chi connectivity index (χ1v) is 12.9. The predicted octanol–water partition coefficient (Wildman–Crippen LogP) is 4.10. The summed E-state index contributed by atoms with van der Waals surface area (Å²) in [6.07, 6.45) is 5.53. The molecular weight excluding hydrogens is 470 g/mol. The average molecular weight is 512 g/mol. The van der Waals surface area contributed by atoms with E-state index in [-0.39, 0.29) is 17.9 Å². The average Bonchev–Trinajstić information content (AvgIpc) is 3.02. The summed E-state index contributed by atoms with van der Waals surface area (Å²) in [5.74, 6) is 1.41. The van der Waals surface area contributed by atoms with Crippen LogP contribution in [0.15, 0.2) is 35.7 Å². The van der Waals surface area contributed by atoms with E-state index >= 15 is 0 Å². The Morgan fingerprint density at radius 3 is 2.59 bits per heavy atom. The van der Waals surface area contributed by atoms with Crippen molar-refractivity contribution >= 4 is 17.6 Å². The Labute approximate surface area is 220 Å². The van der Waals surface area contributed by atoms with Gasteiger partial charge in [0.1, 0.15) is 11.5 Å². The second-order valence-corrected chi connectivity index (χ2v) is 9.61. The maximum absolute atomic E-state index is 13.9. The number of methoxy groups -OCH3 is 2. The van der Waals surface area contributed by atoms with Gasteiger partial charge in [-0.2, -0.15) is 0 Å². The quantitative estimate of drug-likeness (QED) is 0.424. The molecule has 0 radical (unpaired) electrons. The minimum absolute atomic E-state index is 0.0418. The number of urea groups is 1. The van der Waals surface area contributed by atoms with Crippen molar-refractivity contribution in [2.45, 2.75) is 52.5 Å². The highest BCUT2D eigenvalue weighted by Gasteiger charge is 2.31. The Bertz CT molecular complexity index is 1080. The minimum atomic E-state index is -0.0886. The van der Waals surface area contributed by atoms with Gasteiger partial charge in [-0.15, -0.1) is 0 Å². The Balaban J connectivity index is 1.95. The standard InChI is InChI=1S/C28H41N5O4/c1-7-31-11-12-32(27(34)21(17-30-4)14-20(3)29)10-8-9-23-13-19(2)26-22(18-33(23)28(31)35)15-24(36-5)16-25(26)37-6/h13,15-17,19,29-30H,7-12,14,18H2,1-6H3/b21-17+,29-20?/t19-/m0/s1. The van der Waals surface area contributed by atoms with Crippen LogP contribution in [0.4, 0.5) is 4.79 Å². The number of amides is 3. The van der Waals surface area contributed by atoms with Crippen molar-refractivity contribution in [3.05, 3.63) is 46.8 Å². The van der Waals surface area contributed by atoms with E-state index in [9.17, 15) is 9.59 Å². The number of nitrogens with zero attached hydrogens (tertiary/aromatic N) is 3. The van der Waals surface area contributed by atoms with E-state index in [1.807, 2.05) is 28.9 Å². The third-order valence-electron chi connectivity index (χ3n) is 6.95. The van der Waals surface area contributed by atoms with Crippen molar-refractivity contribution < 1.29 is 19.1 Å². The number of hydrogen-bond acceptors (Lipinski definition) is 6. The molecule has 0 unspecified atom stereocenters. The second-order valence-electron chi connectivity index (χ2n) is 9.61. The summed E-state index contributed by atoms with van der Waals surface area (Å²) < 4.78 is 11.2. The summed E-state index contributed by atoms with van der Waals surface area (Å²) in [7, 11) is 5.04. The monoisotopic (exact) mass is 511 g/mol. The predicted molar refractivity (Wildman–Crippen MR) is 145 cm³/mol. The molecule has 0 bridgehead atoms. The number of nitrogens with one attached hydrogen (secondary N) is 2. The third-order valence-corrected chi connectivity index (χ3v) is 6.95. The molecule has 0 aliphatic carbocycles. The molecule has 9 nitrogen and oxygen atoms in total. The normalized spacial score (nSPS) is 18.8. The van der Waals surface area contributed by atoms with Crippen LogP contribution in [0.3, 0.4) is 0 Å². The number of fused-ring (bicyclic) bond motifs is 2. The minimum Gasteiger partial charge on any atom is -0.497 e. The van der Waals surface area contributed by atoms with Gasteiger partial charge < -0.3 is 30.0 Å². The number of benzene rings is 1. The molecule has 2 N–H and O–H groups in total. The Morgan fingerprint density at radius 2 is 1.97 bits per heavy atom. The van der Waals surface area contributed by atoms with Crippen LogP contribution in [0.5, 0.6) is 11.5 Å². The maximum Gasteiger partial charge on any atom is 0.324 e. The van der Waals surface area contributed by atoms with Crippen LogP contribution < -0.4 is 14.8 Å². The molecule has 1 aromatic rings. The Kier molecular flexibility index (Phi) is 9.60. The van der Waals surface area contributed by atoms with Crippen LogP contribution in [0, 0.1) is 5.41 Å². The van der Waals surface area contributed by atoms with Gasteiger partial charge in [0.25, 0.3) is 5.91 Å². The molecule has 1 aromatic carbocycles. The summed E-state index contributed by atoms with van der Waals surface area (Å²) in [6, 6.07) is 3.82. The van der Waals surface area contributed by atoms with E-state index in [1.54, 1.807) is 39.3 Å². The molecule has 2 heterocycles. The van der Waals surface area contributed by atoms with Gasteiger partial charge in [-0.05, 0) is 38.3 Å². The lowest BCUT2D eigenvalue weighted by atomic mass is 9.94. The lowest BCUT2D eigenvalue weighted by Crippen LogP contribution is -2.47. The van der Waals surface area contributed by atoms with Crippen LogP contribution in [0.25, 0.3) is 0 Å². The van der Waals surface area contributed by atoms with Crippen molar-refractivity contribution in [1.82, 2.24) is 20.0 Å². The van der Waals surface area contributed by atoms with Gasteiger partial charge in [0.05, 0.1) is 20.8 Å². The number of ether oxygens (including phenoxy) is 2. The fourth-order valence-electron chi connectivity index (χ4n) is 5.15. The van der Waals surface area contributed by atoms with Gasteiger partial charge in [-0.25, -0.2) is 4.79 Å². The summed E-state index contributed by atoms with van der Waals surface area (Å²) in [6.45, 7) is 8.21. The Morgan fingerprint density at radius 1 is 1.22 bits per heavy atom. The fraction of sp³-hybridized carbons (Fsp3) is 0.536. The molecule has 0 spiro atoms. The highest BCUT2D eigenvalue weighted by atomic mass is 16.5. The molecule has 3 amide bonds. The summed E-state index contributed by atoms with van der Waals surface area (Å²) in [5.41, 5.74) is 4.03. The van der Waals surface area contributed by atoms with E-state index < -0.39 is 0 Å². The lowest BCUT2D eigenvalue weighted by molar-refractivity contribution is -0.127. The molecule has 0 aromatic heterocycles. The second kappa shape index (κ2) is 12.7. The maximum atomic E-state index is 13.9. The third kappa shape index (κ3) is 6.45. The van der Waals surface area contributed by atoms with Gasteiger partial charge in [-0.1, -0.05) is 13.0 Å². The van der Waals surface area contributed by atoms with Crippen molar-refractivity contribution in [3.63, 3.8) is 0 Å². The topological polar surface area (TPSA) is 98.2 Å². The van der Waals surface area contributed by atoms with Gasteiger partial charge in [0.15, 0.2) is 0 Å². The van der Waals surface area contributed by atoms with E-state index in [2.05, 4.69) is 18.3 Å². The molecule has 2 aliphatic rings. The molecule has 0 saturated carbocycles. The first kappa shape index (κ1) is 28.1. The molecule has 1 fully saturated rings. The largest absolute Gasteiger partial charge is 0.497 e. The number of carbonyl (C=O) groups is 2. The highest BCUT2D eigenvalue weighted by molar-refractivity contribution is 5.99. The lowest BCUT2D eigenvalue weighted by Gasteiger charge is -2.35. The molecule has 9 heteroatoms.